The van der Waals surface area contributed by atoms with Crippen LogP contribution in [0.1, 0.15) is 0 Å². The van der Waals surface area contributed by atoms with Crippen LogP contribution in [0.15, 0.2) is 241 Å². The SMILES string of the molecule is c1ccc(-c2nc(-c3ccc(-c4ccc5c(c4)nc(-c4ccccc4)c4ccc6c(c7ccccc7n6-c6ccccc6)c45)cc3)nc(-c3ccc(-c4cccc5c4oc4ccccc45)cc3)n2)cc1. The van der Waals surface area contributed by atoms with Crippen molar-refractivity contribution in [2.24, 2.45) is 0 Å². The highest BCUT2D eigenvalue weighted by molar-refractivity contribution is 6.29. The number of hydrogen-bond acceptors (Lipinski definition) is 5. The number of nitrogens with zero attached hydrogens (tertiary/aromatic N) is 5. The molecule has 14 aromatic rings. The Morgan fingerprint density at radius 2 is 0.857 bits per heavy atom. The van der Waals surface area contributed by atoms with Crippen molar-refractivity contribution in [3.05, 3.63) is 237 Å². The molecule has 14 rings (SSSR count). The highest BCUT2D eigenvalue weighted by atomic mass is 16.3. The molecule has 70 heavy (non-hydrogen) atoms. The molecule has 0 spiro atoms. The van der Waals surface area contributed by atoms with Crippen molar-refractivity contribution >= 4 is 65.4 Å². The van der Waals surface area contributed by atoms with Crippen LogP contribution < -0.4 is 0 Å². The van der Waals surface area contributed by atoms with Crippen LogP contribution >= 0.6 is 0 Å². The van der Waals surface area contributed by atoms with E-state index in [0.717, 1.165) is 99.6 Å². The van der Waals surface area contributed by atoms with E-state index in [-0.39, 0.29) is 0 Å². The van der Waals surface area contributed by atoms with Crippen molar-refractivity contribution < 1.29 is 4.42 Å². The molecule has 326 valence electrons. The smallest absolute Gasteiger partial charge is 0.164 e. The minimum atomic E-state index is 0.601. The van der Waals surface area contributed by atoms with Gasteiger partial charge in [-0.1, -0.05) is 200 Å². The zero-order valence-corrected chi connectivity index (χ0v) is 37.7. The molecule has 6 heteroatoms. The molecule has 0 aliphatic rings. The van der Waals surface area contributed by atoms with Crippen molar-refractivity contribution in [1.82, 2.24) is 24.5 Å². The maximum Gasteiger partial charge on any atom is 0.164 e. The van der Waals surface area contributed by atoms with Gasteiger partial charge in [0, 0.05) is 71.2 Å². The highest BCUT2D eigenvalue weighted by Gasteiger charge is 2.21. The average molecular weight is 894 g/mol. The summed E-state index contributed by atoms with van der Waals surface area (Å²) in [5.41, 5.74) is 15.2. The summed E-state index contributed by atoms with van der Waals surface area (Å²) in [6.07, 6.45) is 0. The summed E-state index contributed by atoms with van der Waals surface area (Å²) in [6, 6.07) is 82.7. The van der Waals surface area contributed by atoms with E-state index in [9.17, 15) is 0 Å². The summed E-state index contributed by atoms with van der Waals surface area (Å²) in [4.78, 5) is 20.6. The first-order chi connectivity index (χ1) is 34.7. The summed E-state index contributed by atoms with van der Waals surface area (Å²) in [7, 11) is 0. The van der Waals surface area contributed by atoms with E-state index in [1.165, 1.54) is 21.7 Å². The predicted molar refractivity (Wildman–Crippen MR) is 287 cm³/mol. The second-order valence-electron chi connectivity index (χ2n) is 17.7. The Labute approximate surface area is 402 Å². The third kappa shape index (κ3) is 6.49. The van der Waals surface area contributed by atoms with Crippen molar-refractivity contribution in [3.63, 3.8) is 0 Å². The number of furan rings is 1. The van der Waals surface area contributed by atoms with Gasteiger partial charge in [-0.25, -0.2) is 19.9 Å². The van der Waals surface area contributed by atoms with E-state index in [0.29, 0.717) is 17.5 Å². The monoisotopic (exact) mass is 893 g/mol. The number of fused-ring (bicyclic) bond motifs is 10. The molecule has 4 aromatic heterocycles. The van der Waals surface area contributed by atoms with E-state index >= 15 is 0 Å². The van der Waals surface area contributed by atoms with Gasteiger partial charge in [0.1, 0.15) is 11.2 Å². The lowest BCUT2D eigenvalue weighted by atomic mass is 9.94. The standard InChI is InChI=1S/C64H39N5O/c1-4-15-42(16-5-1)60-53-37-38-56-59(52-22-10-12-25-55(52)69(56)47-19-8-3-9-20-47)58(53)51-36-35-46(39-54(51)65-60)40-27-31-44(32-28-40)63-66-62(43-17-6-2-7-18-43)67-64(68-63)45-33-29-41(30-34-45)48-23-14-24-50-49-21-11-13-26-57(49)70-61(48)50/h1-39H. The highest BCUT2D eigenvalue weighted by Crippen LogP contribution is 2.43. The minimum Gasteiger partial charge on any atom is -0.455 e. The molecule has 0 radical (unpaired) electrons. The van der Waals surface area contributed by atoms with E-state index in [2.05, 4.69) is 193 Å². The van der Waals surface area contributed by atoms with Crippen LogP contribution in [-0.4, -0.2) is 24.5 Å². The Hall–Kier alpha value is -9.52. The number of hydrogen-bond donors (Lipinski definition) is 0. The normalized spacial score (nSPS) is 11.7. The van der Waals surface area contributed by atoms with Gasteiger partial charge >= 0.3 is 0 Å². The quantitative estimate of drug-likeness (QED) is 0.149. The molecule has 0 amide bonds. The van der Waals surface area contributed by atoms with Crippen LogP contribution in [0, 0.1) is 0 Å². The maximum atomic E-state index is 6.38. The van der Waals surface area contributed by atoms with E-state index in [4.69, 9.17) is 24.4 Å². The van der Waals surface area contributed by atoms with Crippen LogP contribution in [0.3, 0.4) is 0 Å². The van der Waals surface area contributed by atoms with Gasteiger partial charge in [0.05, 0.1) is 22.2 Å². The number of benzene rings is 10. The second-order valence-corrected chi connectivity index (χ2v) is 17.7. The summed E-state index contributed by atoms with van der Waals surface area (Å²) in [5.74, 6) is 1.82. The molecular formula is C64H39N5O. The zero-order valence-electron chi connectivity index (χ0n) is 37.7. The van der Waals surface area contributed by atoms with Crippen molar-refractivity contribution in [1.29, 1.82) is 0 Å². The van der Waals surface area contributed by atoms with Crippen molar-refractivity contribution in [2.45, 2.75) is 0 Å². The van der Waals surface area contributed by atoms with Gasteiger partial charge in [0.25, 0.3) is 0 Å². The van der Waals surface area contributed by atoms with Crippen LogP contribution in [-0.2, 0) is 0 Å². The van der Waals surface area contributed by atoms with Gasteiger partial charge in [-0.3, -0.25) is 0 Å². The second kappa shape index (κ2) is 16.1. The first-order valence-electron chi connectivity index (χ1n) is 23.5. The molecule has 0 fully saturated rings. The predicted octanol–water partition coefficient (Wildman–Crippen LogP) is 16.6. The summed E-state index contributed by atoms with van der Waals surface area (Å²) in [5, 5.41) is 8.09. The Balaban J connectivity index is 0.869. The van der Waals surface area contributed by atoms with Crippen LogP contribution in [0.25, 0.3) is 139 Å². The Kier molecular flexibility index (Phi) is 9.10. The molecule has 4 heterocycles. The minimum absolute atomic E-state index is 0.601. The Morgan fingerprint density at radius 1 is 0.314 bits per heavy atom. The van der Waals surface area contributed by atoms with Crippen LogP contribution in [0.4, 0.5) is 0 Å². The van der Waals surface area contributed by atoms with Gasteiger partial charge in [-0.2, -0.15) is 0 Å². The lowest BCUT2D eigenvalue weighted by Crippen LogP contribution is -2.00. The fraction of sp³-hybridized carbons (Fsp3) is 0. The van der Waals surface area contributed by atoms with E-state index < -0.39 is 0 Å². The van der Waals surface area contributed by atoms with Gasteiger partial charge in [0.2, 0.25) is 0 Å². The third-order valence-corrected chi connectivity index (χ3v) is 13.7. The number of rotatable bonds is 7. The molecular weight excluding hydrogens is 855 g/mol. The molecule has 0 N–H and O–H groups in total. The van der Waals surface area contributed by atoms with Gasteiger partial charge in [-0.15, -0.1) is 0 Å². The molecule has 0 aliphatic carbocycles. The fourth-order valence-electron chi connectivity index (χ4n) is 10.3. The molecule has 0 unspecified atom stereocenters. The van der Waals surface area contributed by atoms with Gasteiger partial charge in [-0.05, 0) is 53.1 Å². The molecule has 0 bridgehead atoms. The van der Waals surface area contributed by atoms with Crippen LogP contribution in [0.2, 0.25) is 0 Å². The molecule has 10 aromatic carbocycles. The van der Waals surface area contributed by atoms with Crippen molar-refractivity contribution in [2.75, 3.05) is 0 Å². The molecule has 0 saturated carbocycles. The van der Waals surface area contributed by atoms with Crippen LogP contribution in [0.5, 0.6) is 0 Å². The topological polar surface area (TPSA) is 69.6 Å². The average Bonchev–Trinajstić information content (AvgIpc) is 4.00. The zero-order chi connectivity index (χ0) is 46.1. The summed E-state index contributed by atoms with van der Waals surface area (Å²) < 4.78 is 8.76. The number of para-hydroxylation sites is 4. The van der Waals surface area contributed by atoms with E-state index in [1.54, 1.807) is 0 Å². The molecule has 6 nitrogen and oxygen atoms in total. The maximum absolute atomic E-state index is 6.38. The first kappa shape index (κ1) is 39.6. The number of pyridine rings is 1. The third-order valence-electron chi connectivity index (χ3n) is 13.7. The summed E-state index contributed by atoms with van der Waals surface area (Å²) in [6.45, 7) is 0. The molecule has 0 aliphatic heterocycles. The summed E-state index contributed by atoms with van der Waals surface area (Å²) >= 11 is 0. The lowest BCUT2D eigenvalue weighted by Gasteiger charge is -2.14. The van der Waals surface area contributed by atoms with E-state index in [1.807, 2.05) is 48.5 Å². The molecule has 0 saturated heterocycles. The van der Waals surface area contributed by atoms with Gasteiger partial charge < -0.3 is 8.98 Å². The lowest BCUT2D eigenvalue weighted by molar-refractivity contribution is 0.670. The van der Waals surface area contributed by atoms with Gasteiger partial charge in [0.15, 0.2) is 17.5 Å². The van der Waals surface area contributed by atoms with Crippen molar-refractivity contribution in [3.8, 4) is 73.4 Å². The fourth-order valence-corrected chi connectivity index (χ4v) is 10.3. The Morgan fingerprint density at radius 3 is 1.57 bits per heavy atom. The first-order valence-corrected chi connectivity index (χ1v) is 23.5. The largest absolute Gasteiger partial charge is 0.455 e. The number of aromatic nitrogens is 5. The molecule has 0 atom stereocenters. The Bertz CT molecular complexity index is 4320.